The number of hydrogen-bond donors (Lipinski definition) is 0. The van der Waals surface area contributed by atoms with E-state index in [2.05, 4.69) is 13.8 Å². The van der Waals surface area contributed by atoms with Gasteiger partial charge in [0.1, 0.15) is 5.82 Å². The fraction of sp³-hybridized carbons (Fsp3) is 0.385. The van der Waals surface area contributed by atoms with E-state index in [9.17, 15) is 4.39 Å². The minimum atomic E-state index is -0.171. The molecule has 14 heavy (non-hydrogen) atoms. The van der Waals surface area contributed by atoms with Gasteiger partial charge >= 0.3 is 0 Å². The highest BCUT2D eigenvalue weighted by molar-refractivity contribution is 5.17. The van der Waals surface area contributed by atoms with E-state index in [1.54, 1.807) is 18.2 Å². The third kappa shape index (κ3) is 3.33. The lowest BCUT2D eigenvalue weighted by molar-refractivity contribution is 0.368. The molecule has 0 aromatic heterocycles. The van der Waals surface area contributed by atoms with Gasteiger partial charge in [-0.05, 0) is 36.0 Å². The second kappa shape index (κ2) is 4.41. The number of allylic oxidation sites excluding steroid dienone is 1. The molecule has 0 atom stereocenters. The number of benzene rings is 1. The van der Waals surface area contributed by atoms with Crippen molar-refractivity contribution in [3.63, 3.8) is 0 Å². The lowest BCUT2D eigenvalue weighted by Crippen LogP contribution is -2.13. The predicted molar refractivity (Wildman–Crippen MR) is 57.4 cm³/mol. The van der Waals surface area contributed by atoms with Crippen molar-refractivity contribution in [2.45, 2.75) is 26.7 Å². The standard InChI is InChI=1S/C13H16F/c1-4-8-13(2,3)10-11-6-5-7-12(14)9-11/h1,4-7,9H,8,10H2,2-3H3. The van der Waals surface area contributed by atoms with Crippen LogP contribution in [0, 0.1) is 17.8 Å². The van der Waals surface area contributed by atoms with Crippen LogP contribution < -0.4 is 0 Å². The minimum absolute atomic E-state index is 0.0997. The van der Waals surface area contributed by atoms with E-state index in [0.717, 1.165) is 18.4 Å². The molecule has 1 aromatic carbocycles. The number of hydrogen-bond acceptors (Lipinski definition) is 0. The van der Waals surface area contributed by atoms with E-state index in [1.165, 1.54) is 6.07 Å². The van der Waals surface area contributed by atoms with Gasteiger partial charge in [0.2, 0.25) is 0 Å². The van der Waals surface area contributed by atoms with Crippen LogP contribution >= 0.6 is 0 Å². The summed E-state index contributed by atoms with van der Waals surface area (Å²) in [5, 5.41) is 0. The fourth-order valence-electron chi connectivity index (χ4n) is 1.59. The molecule has 0 bridgehead atoms. The van der Waals surface area contributed by atoms with Crippen molar-refractivity contribution in [2.75, 3.05) is 0 Å². The second-order valence-corrected chi connectivity index (χ2v) is 4.41. The number of halogens is 1. The average molecular weight is 191 g/mol. The van der Waals surface area contributed by atoms with E-state index in [1.807, 2.05) is 6.07 Å². The Morgan fingerprint density at radius 3 is 2.71 bits per heavy atom. The fourth-order valence-corrected chi connectivity index (χ4v) is 1.59. The zero-order valence-electron chi connectivity index (χ0n) is 8.76. The maximum absolute atomic E-state index is 12.9. The molecule has 0 N–H and O–H groups in total. The highest BCUT2D eigenvalue weighted by Gasteiger charge is 2.16. The molecule has 1 radical (unpaired) electrons. The zero-order chi connectivity index (χ0) is 10.6. The van der Waals surface area contributed by atoms with Crippen LogP contribution in [0.25, 0.3) is 0 Å². The zero-order valence-corrected chi connectivity index (χ0v) is 8.76. The molecule has 0 saturated carbocycles. The summed E-state index contributed by atoms with van der Waals surface area (Å²) in [5.41, 5.74) is 1.12. The minimum Gasteiger partial charge on any atom is -0.207 e. The predicted octanol–water partition coefficient (Wildman–Crippen LogP) is 3.77. The quantitative estimate of drug-likeness (QED) is 0.679. The molecule has 75 valence electrons. The van der Waals surface area contributed by atoms with Crippen molar-refractivity contribution >= 4 is 0 Å². The average Bonchev–Trinajstić information content (AvgIpc) is 2.02. The summed E-state index contributed by atoms with van der Waals surface area (Å²) in [6.45, 7) is 9.65. The van der Waals surface area contributed by atoms with E-state index in [-0.39, 0.29) is 11.2 Å². The first-order valence-corrected chi connectivity index (χ1v) is 4.81. The third-order valence-electron chi connectivity index (χ3n) is 2.24. The maximum atomic E-state index is 12.9. The van der Waals surface area contributed by atoms with Crippen molar-refractivity contribution in [1.82, 2.24) is 0 Å². The van der Waals surface area contributed by atoms with Gasteiger partial charge in [-0.3, -0.25) is 0 Å². The van der Waals surface area contributed by atoms with Crippen LogP contribution in [0.4, 0.5) is 4.39 Å². The van der Waals surface area contributed by atoms with Crippen LogP contribution in [0.2, 0.25) is 0 Å². The monoisotopic (exact) mass is 191 g/mol. The lowest BCUT2D eigenvalue weighted by Gasteiger charge is -2.22. The van der Waals surface area contributed by atoms with Crippen molar-refractivity contribution < 1.29 is 4.39 Å². The first kappa shape index (κ1) is 11.0. The van der Waals surface area contributed by atoms with Gasteiger partial charge < -0.3 is 0 Å². The summed E-state index contributed by atoms with van der Waals surface area (Å²) < 4.78 is 12.9. The molecule has 0 unspecified atom stereocenters. The van der Waals surface area contributed by atoms with Gasteiger partial charge in [-0.25, -0.2) is 4.39 Å². The van der Waals surface area contributed by atoms with Crippen molar-refractivity contribution in [3.05, 3.63) is 48.3 Å². The van der Waals surface area contributed by atoms with Gasteiger partial charge in [-0.2, -0.15) is 0 Å². The summed E-state index contributed by atoms with van der Waals surface area (Å²) in [6.07, 6.45) is 3.35. The Labute approximate surface area is 85.5 Å². The van der Waals surface area contributed by atoms with Gasteiger partial charge in [-0.1, -0.05) is 38.6 Å². The van der Waals surface area contributed by atoms with Crippen LogP contribution in [-0.4, -0.2) is 0 Å². The molecule has 0 aliphatic carbocycles. The molecular weight excluding hydrogens is 175 g/mol. The highest BCUT2D eigenvalue weighted by Crippen LogP contribution is 2.26. The Bertz CT molecular complexity index is 313. The summed E-state index contributed by atoms with van der Waals surface area (Å²) in [5.74, 6) is -0.171. The molecule has 0 fully saturated rings. The molecule has 0 amide bonds. The van der Waals surface area contributed by atoms with Crippen molar-refractivity contribution in [2.24, 2.45) is 5.41 Å². The molecule has 0 spiro atoms. The van der Waals surface area contributed by atoms with Gasteiger partial charge in [0.05, 0.1) is 0 Å². The summed E-state index contributed by atoms with van der Waals surface area (Å²) in [6, 6.07) is 6.73. The molecule has 1 heteroatoms. The van der Waals surface area contributed by atoms with Gasteiger partial charge in [0.25, 0.3) is 0 Å². The van der Waals surface area contributed by atoms with Crippen LogP contribution in [0.1, 0.15) is 25.8 Å². The van der Waals surface area contributed by atoms with E-state index < -0.39 is 0 Å². The molecular formula is C13H16F. The Morgan fingerprint density at radius 1 is 1.43 bits per heavy atom. The molecule has 0 aliphatic rings. The van der Waals surface area contributed by atoms with Crippen molar-refractivity contribution in [1.29, 1.82) is 0 Å². The molecule has 0 aliphatic heterocycles. The molecule has 1 rings (SSSR count). The smallest absolute Gasteiger partial charge is 0.123 e. The number of rotatable bonds is 4. The Morgan fingerprint density at radius 2 is 2.14 bits per heavy atom. The summed E-state index contributed by atoms with van der Waals surface area (Å²) >= 11 is 0. The summed E-state index contributed by atoms with van der Waals surface area (Å²) in [7, 11) is 0. The lowest BCUT2D eigenvalue weighted by atomic mass is 9.83. The SMILES string of the molecule is [CH]=CCC(C)(C)Cc1cccc(F)c1. The largest absolute Gasteiger partial charge is 0.207 e. The first-order valence-electron chi connectivity index (χ1n) is 4.81. The third-order valence-corrected chi connectivity index (χ3v) is 2.24. The molecule has 1 aromatic rings. The van der Waals surface area contributed by atoms with Gasteiger partial charge in [0, 0.05) is 0 Å². The van der Waals surface area contributed by atoms with Crippen LogP contribution in [-0.2, 0) is 6.42 Å². The normalized spacial score (nSPS) is 11.4. The van der Waals surface area contributed by atoms with E-state index >= 15 is 0 Å². The maximum Gasteiger partial charge on any atom is 0.123 e. The Balaban J connectivity index is 2.72. The van der Waals surface area contributed by atoms with Crippen LogP contribution in [0.5, 0.6) is 0 Å². The topological polar surface area (TPSA) is 0 Å². The van der Waals surface area contributed by atoms with Crippen LogP contribution in [0.15, 0.2) is 30.3 Å². The van der Waals surface area contributed by atoms with E-state index in [4.69, 9.17) is 6.58 Å². The Hall–Kier alpha value is -1.11. The van der Waals surface area contributed by atoms with Crippen LogP contribution in [0.3, 0.4) is 0 Å². The summed E-state index contributed by atoms with van der Waals surface area (Å²) in [4.78, 5) is 0. The second-order valence-electron chi connectivity index (χ2n) is 4.41. The van der Waals surface area contributed by atoms with Gasteiger partial charge in [-0.15, -0.1) is 0 Å². The molecule has 0 nitrogen and oxygen atoms in total. The highest BCUT2D eigenvalue weighted by atomic mass is 19.1. The Kier molecular flexibility index (Phi) is 3.45. The molecule has 0 saturated heterocycles. The van der Waals surface area contributed by atoms with Gasteiger partial charge in [0.15, 0.2) is 0 Å². The molecule has 0 heterocycles. The van der Waals surface area contributed by atoms with E-state index in [0.29, 0.717) is 0 Å². The first-order chi connectivity index (χ1) is 6.53. The van der Waals surface area contributed by atoms with Crippen molar-refractivity contribution in [3.8, 4) is 0 Å².